The van der Waals surface area contributed by atoms with E-state index in [0.717, 1.165) is 5.92 Å². The number of carbonyl (C=O) groups excluding carboxylic acids is 1. The van der Waals surface area contributed by atoms with Gasteiger partial charge in [0.25, 0.3) is 0 Å². The molecule has 2 rings (SSSR count). The summed E-state index contributed by atoms with van der Waals surface area (Å²) in [5.41, 5.74) is -0.430. The minimum absolute atomic E-state index is 0.295. The van der Waals surface area contributed by atoms with Crippen molar-refractivity contribution in [2.45, 2.75) is 90.3 Å². The van der Waals surface area contributed by atoms with Crippen molar-refractivity contribution in [1.82, 2.24) is 10.6 Å². The molecule has 0 heterocycles. The monoisotopic (exact) mass is 310 g/mol. The highest BCUT2D eigenvalue weighted by atomic mass is 16.6. The molecule has 22 heavy (non-hydrogen) atoms. The van der Waals surface area contributed by atoms with Gasteiger partial charge < -0.3 is 15.4 Å². The maximum Gasteiger partial charge on any atom is 0.407 e. The van der Waals surface area contributed by atoms with Gasteiger partial charge in [-0.15, -0.1) is 0 Å². The summed E-state index contributed by atoms with van der Waals surface area (Å²) >= 11 is 0. The van der Waals surface area contributed by atoms with Crippen molar-refractivity contribution in [3.8, 4) is 0 Å². The highest BCUT2D eigenvalue weighted by molar-refractivity contribution is 5.67. The van der Waals surface area contributed by atoms with Crippen LogP contribution in [0, 0.1) is 11.8 Å². The van der Waals surface area contributed by atoms with E-state index in [4.69, 9.17) is 4.74 Å². The van der Waals surface area contributed by atoms with Crippen LogP contribution in [0.15, 0.2) is 0 Å². The number of alkyl carbamates (subject to hydrolysis) is 1. The molecular weight excluding hydrogens is 276 g/mol. The average molecular weight is 310 g/mol. The lowest BCUT2D eigenvalue weighted by Crippen LogP contribution is -2.50. The van der Waals surface area contributed by atoms with E-state index in [1.807, 2.05) is 20.8 Å². The van der Waals surface area contributed by atoms with Gasteiger partial charge in [-0.05, 0) is 64.7 Å². The first kappa shape index (κ1) is 17.6. The maximum absolute atomic E-state index is 11.9. The molecule has 0 saturated heterocycles. The average Bonchev–Trinajstić information content (AvgIpc) is 3.11. The van der Waals surface area contributed by atoms with Crippen LogP contribution in [0.1, 0.15) is 72.6 Å². The fourth-order valence-corrected chi connectivity index (χ4v) is 3.59. The summed E-state index contributed by atoms with van der Waals surface area (Å²) < 4.78 is 5.36. The van der Waals surface area contributed by atoms with Gasteiger partial charge in [-0.2, -0.15) is 0 Å². The largest absolute Gasteiger partial charge is 0.444 e. The number of carbonyl (C=O) groups is 1. The van der Waals surface area contributed by atoms with E-state index in [1.54, 1.807) is 0 Å². The molecule has 0 aliphatic heterocycles. The van der Waals surface area contributed by atoms with E-state index in [0.29, 0.717) is 24.5 Å². The van der Waals surface area contributed by atoms with Gasteiger partial charge in [0.2, 0.25) is 0 Å². The number of amides is 1. The zero-order chi connectivity index (χ0) is 16.2. The first-order chi connectivity index (χ1) is 10.4. The van der Waals surface area contributed by atoms with Crippen molar-refractivity contribution in [3.05, 3.63) is 0 Å². The molecule has 0 bridgehead atoms. The molecule has 2 saturated carbocycles. The summed E-state index contributed by atoms with van der Waals surface area (Å²) in [6, 6.07) is 1.01. The molecule has 2 atom stereocenters. The van der Waals surface area contributed by atoms with Crippen LogP contribution in [0.5, 0.6) is 0 Å². The Hall–Kier alpha value is -0.770. The lowest BCUT2D eigenvalue weighted by Gasteiger charge is -2.30. The van der Waals surface area contributed by atoms with Gasteiger partial charge in [-0.25, -0.2) is 4.79 Å². The topological polar surface area (TPSA) is 50.4 Å². The van der Waals surface area contributed by atoms with Crippen molar-refractivity contribution in [2.75, 3.05) is 6.54 Å². The van der Waals surface area contributed by atoms with Gasteiger partial charge in [0.15, 0.2) is 0 Å². The van der Waals surface area contributed by atoms with Crippen LogP contribution in [0.4, 0.5) is 4.79 Å². The van der Waals surface area contributed by atoms with Gasteiger partial charge in [0.1, 0.15) is 5.60 Å². The quantitative estimate of drug-likeness (QED) is 0.751. The van der Waals surface area contributed by atoms with Crippen LogP contribution in [0.25, 0.3) is 0 Å². The fourth-order valence-electron chi connectivity index (χ4n) is 3.59. The summed E-state index contributed by atoms with van der Waals surface area (Å²) in [6.45, 7) is 8.66. The Labute approximate surface area is 135 Å². The molecule has 2 aliphatic rings. The Morgan fingerprint density at radius 2 is 1.68 bits per heavy atom. The van der Waals surface area contributed by atoms with E-state index >= 15 is 0 Å². The predicted octanol–water partition coefficient (Wildman–Crippen LogP) is 3.85. The van der Waals surface area contributed by atoms with E-state index in [2.05, 4.69) is 17.6 Å². The predicted molar refractivity (Wildman–Crippen MR) is 89.9 cm³/mol. The second kappa shape index (κ2) is 7.67. The van der Waals surface area contributed by atoms with Gasteiger partial charge in [-0.1, -0.05) is 19.8 Å². The highest BCUT2D eigenvalue weighted by Gasteiger charge is 2.34. The summed E-state index contributed by atoms with van der Waals surface area (Å²) in [4.78, 5) is 11.9. The molecule has 2 N–H and O–H groups in total. The molecular formula is C18H34N2O2. The SMILES string of the molecule is CCC(NC(CNC(=O)OC(C)(C)C)C1CCCC1)C1CC1. The standard InChI is InChI=1S/C18H34N2O2/c1-5-15(14-10-11-14)20-16(13-8-6-7-9-13)12-19-17(21)22-18(2,3)4/h13-16,20H,5-12H2,1-4H3,(H,19,21). The Balaban J connectivity index is 1.85. The van der Waals surface area contributed by atoms with Crippen LogP contribution < -0.4 is 10.6 Å². The van der Waals surface area contributed by atoms with Crippen LogP contribution in [0.2, 0.25) is 0 Å². The molecule has 4 heteroatoms. The summed E-state index contributed by atoms with van der Waals surface area (Å²) in [7, 11) is 0. The van der Waals surface area contributed by atoms with Gasteiger partial charge in [0, 0.05) is 18.6 Å². The molecule has 0 spiro atoms. The number of hydrogen-bond donors (Lipinski definition) is 2. The van der Waals surface area contributed by atoms with Gasteiger partial charge >= 0.3 is 6.09 Å². The molecule has 4 nitrogen and oxygen atoms in total. The minimum atomic E-state index is -0.430. The van der Waals surface area contributed by atoms with Crippen molar-refractivity contribution in [3.63, 3.8) is 0 Å². The third-order valence-corrected chi connectivity index (χ3v) is 4.89. The zero-order valence-electron chi connectivity index (χ0n) is 14.8. The van der Waals surface area contributed by atoms with Crippen LogP contribution in [-0.4, -0.2) is 30.3 Å². The van der Waals surface area contributed by atoms with Crippen molar-refractivity contribution in [1.29, 1.82) is 0 Å². The first-order valence-corrected chi connectivity index (χ1v) is 9.12. The molecule has 0 aromatic carbocycles. The number of hydrogen-bond acceptors (Lipinski definition) is 3. The highest BCUT2D eigenvalue weighted by Crippen LogP contribution is 2.35. The van der Waals surface area contributed by atoms with E-state index in [-0.39, 0.29) is 6.09 Å². The van der Waals surface area contributed by atoms with Crippen LogP contribution in [-0.2, 0) is 4.74 Å². The molecule has 128 valence electrons. The van der Waals surface area contributed by atoms with E-state index in [9.17, 15) is 4.79 Å². The first-order valence-electron chi connectivity index (χ1n) is 9.12. The fraction of sp³-hybridized carbons (Fsp3) is 0.944. The lowest BCUT2D eigenvalue weighted by molar-refractivity contribution is 0.0516. The summed E-state index contributed by atoms with van der Waals surface area (Å²) in [6.07, 6.45) is 8.84. The number of rotatable bonds is 7. The van der Waals surface area contributed by atoms with E-state index < -0.39 is 5.60 Å². The molecule has 0 aromatic rings. The van der Waals surface area contributed by atoms with Crippen molar-refractivity contribution >= 4 is 6.09 Å². The van der Waals surface area contributed by atoms with Gasteiger partial charge in [0.05, 0.1) is 0 Å². The smallest absolute Gasteiger partial charge is 0.407 e. The zero-order valence-corrected chi connectivity index (χ0v) is 14.8. The molecule has 2 aliphatic carbocycles. The number of nitrogens with one attached hydrogen (secondary N) is 2. The van der Waals surface area contributed by atoms with Gasteiger partial charge in [-0.3, -0.25) is 0 Å². The third-order valence-electron chi connectivity index (χ3n) is 4.89. The molecule has 2 fully saturated rings. The Bertz CT molecular complexity index is 355. The summed E-state index contributed by atoms with van der Waals surface area (Å²) in [5, 5.41) is 6.84. The second-order valence-corrected chi connectivity index (χ2v) is 8.05. The van der Waals surface area contributed by atoms with Crippen LogP contribution >= 0.6 is 0 Å². The molecule has 0 aromatic heterocycles. The Morgan fingerprint density at radius 1 is 1.09 bits per heavy atom. The lowest BCUT2D eigenvalue weighted by atomic mass is 9.96. The summed E-state index contributed by atoms with van der Waals surface area (Å²) in [5.74, 6) is 1.55. The third kappa shape index (κ3) is 5.79. The van der Waals surface area contributed by atoms with Crippen molar-refractivity contribution < 1.29 is 9.53 Å². The molecule has 2 unspecified atom stereocenters. The minimum Gasteiger partial charge on any atom is -0.444 e. The van der Waals surface area contributed by atoms with E-state index in [1.165, 1.54) is 44.9 Å². The van der Waals surface area contributed by atoms with Crippen molar-refractivity contribution in [2.24, 2.45) is 11.8 Å². The second-order valence-electron chi connectivity index (χ2n) is 8.05. The number of ether oxygens (including phenoxy) is 1. The Kier molecular flexibility index (Phi) is 6.13. The van der Waals surface area contributed by atoms with Crippen LogP contribution in [0.3, 0.4) is 0 Å². The normalized spacial score (nSPS) is 22.4. The molecule has 1 amide bonds. The maximum atomic E-state index is 11.9. The molecule has 0 radical (unpaired) electrons. The Morgan fingerprint density at radius 3 is 2.18 bits per heavy atom.